The molecule has 0 aliphatic carbocycles. The molecule has 0 amide bonds. The Bertz CT molecular complexity index is 373. The van der Waals surface area contributed by atoms with Gasteiger partial charge in [-0.25, -0.2) is 4.98 Å². The summed E-state index contributed by atoms with van der Waals surface area (Å²) in [7, 11) is 2.04. The molecule has 0 spiro atoms. The summed E-state index contributed by atoms with van der Waals surface area (Å²) in [6.45, 7) is 2.17. The van der Waals surface area contributed by atoms with Gasteiger partial charge in [0.1, 0.15) is 17.6 Å². The number of anilines is 1. The Balaban J connectivity index is 2.85. The van der Waals surface area contributed by atoms with Crippen molar-refractivity contribution in [2.45, 2.75) is 19.4 Å². The highest BCUT2D eigenvalue weighted by Crippen LogP contribution is 2.16. The normalized spacial score (nSPS) is 11.9. The van der Waals surface area contributed by atoms with Crippen LogP contribution in [0, 0.1) is 11.3 Å². The zero-order valence-electron chi connectivity index (χ0n) is 9.97. The molecule has 0 saturated heterocycles. The minimum Gasteiger partial charge on any atom is -0.356 e. The van der Waals surface area contributed by atoms with Crippen molar-refractivity contribution in [3.63, 3.8) is 0 Å². The van der Waals surface area contributed by atoms with Crippen LogP contribution in [-0.4, -0.2) is 30.1 Å². The molecule has 4 heteroatoms. The van der Waals surface area contributed by atoms with Crippen molar-refractivity contribution in [1.82, 2.24) is 4.98 Å². The van der Waals surface area contributed by atoms with Crippen molar-refractivity contribution >= 4 is 17.6 Å². The minimum absolute atomic E-state index is 0.469. The van der Waals surface area contributed by atoms with Gasteiger partial charge in [0, 0.05) is 18.8 Å². The molecule has 1 heterocycles. The third kappa shape index (κ3) is 3.14. The van der Waals surface area contributed by atoms with Crippen LogP contribution < -0.4 is 4.90 Å². The van der Waals surface area contributed by atoms with E-state index in [2.05, 4.69) is 29.1 Å². The maximum atomic E-state index is 8.81. The van der Waals surface area contributed by atoms with Gasteiger partial charge in [0.15, 0.2) is 0 Å². The van der Waals surface area contributed by atoms with E-state index < -0.39 is 0 Å². The fraction of sp³-hybridized carbons (Fsp3) is 0.500. The molecule has 1 atom stereocenters. The van der Waals surface area contributed by atoms with Crippen molar-refractivity contribution < 1.29 is 0 Å². The molecule has 0 radical (unpaired) electrons. The highest BCUT2D eigenvalue weighted by atomic mass is 32.2. The van der Waals surface area contributed by atoms with Gasteiger partial charge in [-0.1, -0.05) is 13.0 Å². The van der Waals surface area contributed by atoms with Gasteiger partial charge in [-0.2, -0.15) is 17.0 Å². The Labute approximate surface area is 101 Å². The number of nitrogens with zero attached hydrogens (tertiary/aromatic N) is 3. The summed E-state index contributed by atoms with van der Waals surface area (Å²) in [6, 6.07) is 8.09. The van der Waals surface area contributed by atoms with Crippen molar-refractivity contribution in [3.05, 3.63) is 23.9 Å². The average molecular weight is 235 g/mol. The fourth-order valence-corrected chi connectivity index (χ4v) is 2.41. The van der Waals surface area contributed by atoms with Crippen LogP contribution in [0.3, 0.4) is 0 Å². The van der Waals surface area contributed by atoms with Crippen LogP contribution in [-0.2, 0) is 0 Å². The van der Waals surface area contributed by atoms with Crippen molar-refractivity contribution in [2.24, 2.45) is 0 Å². The third-order valence-electron chi connectivity index (χ3n) is 2.59. The number of rotatable bonds is 5. The van der Waals surface area contributed by atoms with Crippen molar-refractivity contribution in [3.8, 4) is 6.07 Å². The number of hydrogen-bond acceptors (Lipinski definition) is 4. The summed E-state index contributed by atoms with van der Waals surface area (Å²) in [5.41, 5.74) is 0.475. The van der Waals surface area contributed by atoms with Crippen LogP contribution in [0.25, 0.3) is 0 Å². The van der Waals surface area contributed by atoms with Crippen molar-refractivity contribution in [1.29, 1.82) is 5.26 Å². The molecule has 1 unspecified atom stereocenters. The molecule has 0 aromatic carbocycles. The lowest BCUT2D eigenvalue weighted by Crippen LogP contribution is -2.33. The predicted octanol–water partition coefficient (Wildman–Crippen LogP) is 2.53. The summed E-state index contributed by atoms with van der Waals surface area (Å²) >= 11 is 1.83. The van der Waals surface area contributed by atoms with E-state index in [0.717, 1.165) is 18.0 Å². The summed E-state index contributed by atoms with van der Waals surface area (Å²) in [6.07, 6.45) is 3.19. The first kappa shape index (κ1) is 12.9. The van der Waals surface area contributed by atoms with E-state index >= 15 is 0 Å². The second-order valence-corrected chi connectivity index (χ2v) is 4.53. The van der Waals surface area contributed by atoms with Crippen LogP contribution in [0.5, 0.6) is 0 Å². The Morgan fingerprint density at radius 1 is 1.56 bits per heavy atom. The number of nitriles is 1. The maximum Gasteiger partial charge on any atom is 0.142 e. The monoisotopic (exact) mass is 235 g/mol. The van der Waals surface area contributed by atoms with Gasteiger partial charge in [-0.3, -0.25) is 0 Å². The van der Waals surface area contributed by atoms with E-state index in [-0.39, 0.29) is 0 Å². The fourth-order valence-electron chi connectivity index (χ4n) is 1.56. The van der Waals surface area contributed by atoms with Gasteiger partial charge in [0.25, 0.3) is 0 Å². The predicted molar refractivity (Wildman–Crippen MR) is 69.8 cm³/mol. The molecule has 1 aromatic heterocycles. The van der Waals surface area contributed by atoms with Gasteiger partial charge in [-0.15, -0.1) is 0 Å². The van der Waals surface area contributed by atoms with Gasteiger partial charge in [0.05, 0.1) is 0 Å². The lowest BCUT2D eigenvalue weighted by Gasteiger charge is -2.27. The first-order valence-corrected chi connectivity index (χ1v) is 6.71. The molecule has 0 aliphatic rings. The third-order valence-corrected chi connectivity index (χ3v) is 3.31. The minimum atomic E-state index is 0.469. The van der Waals surface area contributed by atoms with Gasteiger partial charge in [0.2, 0.25) is 0 Å². The number of thioether (sulfide) groups is 1. The quantitative estimate of drug-likeness (QED) is 0.786. The molecule has 1 aromatic rings. The lowest BCUT2D eigenvalue weighted by atomic mass is 10.2. The molecule has 1 rings (SSSR count). The number of pyridine rings is 1. The summed E-state index contributed by atoms with van der Waals surface area (Å²) in [5, 5.41) is 8.81. The molecule has 3 nitrogen and oxygen atoms in total. The molecule has 16 heavy (non-hydrogen) atoms. The van der Waals surface area contributed by atoms with Crippen molar-refractivity contribution in [2.75, 3.05) is 24.0 Å². The van der Waals surface area contributed by atoms with E-state index in [9.17, 15) is 0 Å². The standard InChI is InChI=1S/C12H17N3S/c1-4-11(9-16-3)15(2)12-7-5-6-10(8-13)14-12/h5-7,11H,4,9H2,1-3H3. The SMILES string of the molecule is CCC(CSC)N(C)c1cccc(C#N)n1. The molecule has 0 bridgehead atoms. The van der Waals surface area contributed by atoms with E-state index in [0.29, 0.717) is 11.7 Å². The van der Waals surface area contributed by atoms with Crippen LogP contribution in [0.2, 0.25) is 0 Å². The zero-order chi connectivity index (χ0) is 12.0. The van der Waals surface area contributed by atoms with E-state index in [4.69, 9.17) is 5.26 Å². The second kappa shape index (κ2) is 6.39. The van der Waals surface area contributed by atoms with Crippen LogP contribution in [0.1, 0.15) is 19.0 Å². The Morgan fingerprint density at radius 3 is 2.88 bits per heavy atom. The first-order chi connectivity index (χ1) is 7.72. The molecule has 0 N–H and O–H groups in total. The Hall–Kier alpha value is -1.21. The highest BCUT2D eigenvalue weighted by Gasteiger charge is 2.13. The largest absolute Gasteiger partial charge is 0.356 e. The lowest BCUT2D eigenvalue weighted by molar-refractivity contribution is 0.666. The van der Waals surface area contributed by atoms with Crippen LogP contribution >= 0.6 is 11.8 Å². The van der Waals surface area contributed by atoms with E-state index in [1.165, 1.54) is 0 Å². The second-order valence-electron chi connectivity index (χ2n) is 3.62. The molecule has 0 fully saturated rings. The maximum absolute atomic E-state index is 8.81. The number of aromatic nitrogens is 1. The summed E-state index contributed by atoms with van der Waals surface area (Å²) in [4.78, 5) is 6.45. The van der Waals surface area contributed by atoms with E-state index in [1.807, 2.05) is 30.9 Å². The first-order valence-electron chi connectivity index (χ1n) is 5.31. The summed E-state index contributed by atoms with van der Waals surface area (Å²) in [5.74, 6) is 1.95. The smallest absolute Gasteiger partial charge is 0.142 e. The van der Waals surface area contributed by atoms with Crippen LogP contribution in [0.15, 0.2) is 18.2 Å². The Morgan fingerprint density at radius 2 is 2.31 bits per heavy atom. The topological polar surface area (TPSA) is 39.9 Å². The molecule has 86 valence electrons. The van der Waals surface area contributed by atoms with Crippen LogP contribution in [0.4, 0.5) is 5.82 Å². The molecular formula is C12H17N3S. The molecular weight excluding hydrogens is 218 g/mol. The average Bonchev–Trinajstić information content (AvgIpc) is 2.35. The van der Waals surface area contributed by atoms with Gasteiger partial charge < -0.3 is 4.90 Å². The molecule has 0 aliphatic heterocycles. The molecule has 0 saturated carbocycles. The highest BCUT2D eigenvalue weighted by molar-refractivity contribution is 7.98. The zero-order valence-corrected chi connectivity index (χ0v) is 10.8. The Kier molecular flexibility index (Phi) is 5.13. The van der Waals surface area contributed by atoms with Gasteiger partial charge >= 0.3 is 0 Å². The number of hydrogen-bond donors (Lipinski definition) is 0. The van der Waals surface area contributed by atoms with E-state index in [1.54, 1.807) is 6.07 Å². The summed E-state index contributed by atoms with van der Waals surface area (Å²) < 4.78 is 0. The van der Waals surface area contributed by atoms with Gasteiger partial charge in [-0.05, 0) is 24.8 Å².